The van der Waals surface area contributed by atoms with Crippen LogP contribution in [0.3, 0.4) is 0 Å². The number of aromatic nitrogens is 4. The third kappa shape index (κ3) is 4.32. The van der Waals surface area contributed by atoms with Gasteiger partial charge in [0.05, 0.1) is 5.69 Å². The maximum absolute atomic E-state index is 12.9. The Morgan fingerprint density at radius 3 is 2.56 bits per heavy atom. The largest absolute Gasteiger partial charge is 0.340 e. The second-order valence-electron chi connectivity index (χ2n) is 7.70. The van der Waals surface area contributed by atoms with Crippen LogP contribution >= 0.6 is 0 Å². The topological polar surface area (TPSA) is 83.9 Å². The van der Waals surface area contributed by atoms with E-state index < -0.39 is 0 Å². The first-order valence-corrected chi connectivity index (χ1v) is 10.6. The van der Waals surface area contributed by atoms with E-state index in [1.807, 2.05) is 53.4 Å². The van der Waals surface area contributed by atoms with Gasteiger partial charge in [-0.15, -0.1) is 0 Å². The van der Waals surface area contributed by atoms with E-state index in [1.54, 1.807) is 36.9 Å². The molecule has 158 valence electrons. The zero-order valence-electron chi connectivity index (χ0n) is 17.4. The van der Waals surface area contributed by atoms with Crippen molar-refractivity contribution in [3.8, 4) is 11.3 Å². The van der Waals surface area contributed by atoms with Gasteiger partial charge in [-0.1, -0.05) is 18.2 Å². The molecule has 1 aliphatic heterocycles. The molecule has 0 bridgehead atoms. The second-order valence-corrected chi connectivity index (χ2v) is 7.70. The van der Waals surface area contributed by atoms with Crippen LogP contribution in [-0.4, -0.2) is 43.8 Å². The fraction of sp³-hybridized carbons (Fsp3) is 0.160. The molecule has 7 nitrogen and oxygen atoms in total. The molecule has 1 aromatic carbocycles. The summed E-state index contributed by atoms with van der Waals surface area (Å²) in [7, 11) is 0. The Morgan fingerprint density at radius 1 is 0.938 bits per heavy atom. The quantitative estimate of drug-likeness (QED) is 0.516. The predicted molar refractivity (Wildman–Crippen MR) is 122 cm³/mol. The van der Waals surface area contributed by atoms with E-state index in [0.717, 1.165) is 35.0 Å². The Balaban J connectivity index is 1.44. The predicted octanol–water partition coefficient (Wildman–Crippen LogP) is 4.31. The minimum atomic E-state index is 0.0148. The molecule has 1 N–H and O–H groups in total. The summed E-state index contributed by atoms with van der Waals surface area (Å²) < 4.78 is 0. The Hall–Kier alpha value is -4.13. The van der Waals surface area contributed by atoms with Gasteiger partial charge in [0, 0.05) is 66.7 Å². The average Bonchev–Trinajstić information content (AvgIpc) is 3.36. The molecule has 0 spiro atoms. The normalized spacial score (nSPS) is 15.5. The van der Waals surface area contributed by atoms with E-state index in [2.05, 4.69) is 15.3 Å². The highest BCUT2D eigenvalue weighted by atomic mass is 16.2. The molecule has 0 radical (unpaired) electrons. The van der Waals surface area contributed by atoms with Crippen molar-refractivity contribution in [2.45, 2.75) is 12.3 Å². The van der Waals surface area contributed by atoms with Crippen molar-refractivity contribution < 1.29 is 4.79 Å². The average molecular weight is 422 g/mol. The van der Waals surface area contributed by atoms with Gasteiger partial charge in [0.2, 0.25) is 0 Å². The van der Waals surface area contributed by atoms with Crippen molar-refractivity contribution in [3.63, 3.8) is 0 Å². The minimum Gasteiger partial charge on any atom is -0.340 e. The molecule has 32 heavy (non-hydrogen) atoms. The SMILES string of the molecule is O=C(c1ccncc1)N1CC[C@@H](c2nc(Nc3ccccc3)cc(-c3cccnc3)n2)C1. The highest BCUT2D eigenvalue weighted by Gasteiger charge is 2.30. The van der Waals surface area contributed by atoms with Gasteiger partial charge in [-0.25, -0.2) is 9.97 Å². The molecule has 1 aliphatic rings. The fourth-order valence-electron chi connectivity index (χ4n) is 3.88. The molecule has 7 heteroatoms. The molecule has 1 atom stereocenters. The summed E-state index contributed by atoms with van der Waals surface area (Å²) in [5, 5.41) is 3.38. The monoisotopic (exact) mass is 422 g/mol. The summed E-state index contributed by atoms with van der Waals surface area (Å²) >= 11 is 0. The van der Waals surface area contributed by atoms with E-state index in [4.69, 9.17) is 9.97 Å². The number of anilines is 2. The third-order valence-corrected chi connectivity index (χ3v) is 5.51. The maximum atomic E-state index is 12.9. The highest BCUT2D eigenvalue weighted by molar-refractivity contribution is 5.94. The van der Waals surface area contributed by atoms with Crippen LogP contribution in [0.4, 0.5) is 11.5 Å². The number of para-hydroxylation sites is 1. The van der Waals surface area contributed by atoms with E-state index in [0.29, 0.717) is 18.7 Å². The Morgan fingerprint density at radius 2 is 1.78 bits per heavy atom. The number of nitrogens with zero attached hydrogens (tertiary/aromatic N) is 5. The van der Waals surface area contributed by atoms with Crippen molar-refractivity contribution in [2.75, 3.05) is 18.4 Å². The van der Waals surface area contributed by atoms with Gasteiger partial charge in [-0.3, -0.25) is 14.8 Å². The first kappa shape index (κ1) is 19.8. The van der Waals surface area contributed by atoms with Crippen molar-refractivity contribution in [2.24, 2.45) is 0 Å². The molecule has 1 saturated heterocycles. The lowest BCUT2D eigenvalue weighted by molar-refractivity contribution is 0.0790. The van der Waals surface area contributed by atoms with Crippen LogP contribution in [-0.2, 0) is 0 Å². The number of hydrogen-bond acceptors (Lipinski definition) is 6. The van der Waals surface area contributed by atoms with Crippen LogP contribution < -0.4 is 5.32 Å². The zero-order valence-corrected chi connectivity index (χ0v) is 17.4. The number of carbonyl (C=O) groups excluding carboxylic acids is 1. The molecule has 1 amide bonds. The zero-order chi connectivity index (χ0) is 21.8. The summed E-state index contributed by atoms with van der Waals surface area (Å²) in [5.41, 5.74) is 3.34. The summed E-state index contributed by atoms with van der Waals surface area (Å²) in [6.45, 7) is 1.26. The van der Waals surface area contributed by atoms with E-state index in [9.17, 15) is 4.79 Å². The highest BCUT2D eigenvalue weighted by Crippen LogP contribution is 2.30. The van der Waals surface area contributed by atoms with Crippen LogP contribution in [0.15, 0.2) is 85.5 Å². The number of likely N-dealkylation sites (tertiary alicyclic amines) is 1. The van der Waals surface area contributed by atoms with E-state index in [1.165, 1.54) is 0 Å². The lowest BCUT2D eigenvalue weighted by atomic mass is 10.1. The Labute approximate surface area is 186 Å². The van der Waals surface area contributed by atoms with Crippen LogP contribution in [0.2, 0.25) is 0 Å². The Bertz CT molecular complexity index is 1200. The Kier molecular flexibility index (Phi) is 5.53. The maximum Gasteiger partial charge on any atom is 0.253 e. The first-order chi connectivity index (χ1) is 15.8. The smallest absolute Gasteiger partial charge is 0.253 e. The van der Waals surface area contributed by atoms with Gasteiger partial charge in [-0.2, -0.15) is 0 Å². The molecular weight excluding hydrogens is 400 g/mol. The van der Waals surface area contributed by atoms with Crippen molar-refractivity contribution in [1.82, 2.24) is 24.8 Å². The molecule has 4 aromatic rings. The molecule has 4 heterocycles. The third-order valence-electron chi connectivity index (χ3n) is 5.51. The van der Waals surface area contributed by atoms with Crippen LogP contribution in [0, 0.1) is 0 Å². The van der Waals surface area contributed by atoms with Gasteiger partial charge < -0.3 is 10.2 Å². The number of hydrogen-bond donors (Lipinski definition) is 1. The van der Waals surface area contributed by atoms with Crippen molar-refractivity contribution in [3.05, 3.63) is 96.8 Å². The molecule has 3 aromatic heterocycles. The van der Waals surface area contributed by atoms with E-state index >= 15 is 0 Å². The number of rotatable bonds is 5. The van der Waals surface area contributed by atoms with Gasteiger partial charge in [0.25, 0.3) is 5.91 Å². The van der Waals surface area contributed by atoms with Crippen molar-refractivity contribution >= 4 is 17.4 Å². The van der Waals surface area contributed by atoms with Crippen LogP contribution in [0.5, 0.6) is 0 Å². The van der Waals surface area contributed by atoms with Gasteiger partial charge in [0.1, 0.15) is 11.6 Å². The summed E-state index contributed by atoms with van der Waals surface area (Å²) in [4.78, 5) is 32.6. The molecular formula is C25H22N6O. The standard InChI is InChI=1S/C25H22N6O/c32-25(18-8-12-26-13-9-18)31-14-10-20(17-31)24-29-22(19-5-4-11-27-16-19)15-23(30-24)28-21-6-2-1-3-7-21/h1-9,11-13,15-16,20H,10,14,17H2,(H,28,29,30)/t20-/m1/s1. The second kappa shape index (κ2) is 8.93. The molecule has 0 aliphatic carbocycles. The van der Waals surface area contributed by atoms with Crippen LogP contribution in [0.25, 0.3) is 11.3 Å². The first-order valence-electron chi connectivity index (χ1n) is 10.6. The molecule has 0 saturated carbocycles. The molecule has 0 unspecified atom stereocenters. The molecule has 5 rings (SSSR count). The summed E-state index contributed by atoms with van der Waals surface area (Å²) in [6.07, 6.45) is 7.64. The lowest BCUT2D eigenvalue weighted by Crippen LogP contribution is -2.28. The van der Waals surface area contributed by atoms with Crippen molar-refractivity contribution in [1.29, 1.82) is 0 Å². The minimum absolute atomic E-state index is 0.0148. The number of carbonyl (C=O) groups is 1. The van der Waals surface area contributed by atoms with Gasteiger partial charge in [-0.05, 0) is 42.8 Å². The summed E-state index contributed by atoms with van der Waals surface area (Å²) in [5.74, 6) is 1.53. The lowest BCUT2D eigenvalue weighted by Gasteiger charge is -2.17. The summed E-state index contributed by atoms with van der Waals surface area (Å²) in [6, 6.07) is 19.2. The number of nitrogens with one attached hydrogen (secondary N) is 1. The van der Waals surface area contributed by atoms with Gasteiger partial charge in [0.15, 0.2) is 0 Å². The van der Waals surface area contributed by atoms with E-state index in [-0.39, 0.29) is 11.8 Å². The number of benzene rings is 1. The molecule has 1 fully saturated rings. The fourth-order valence-corrected chi connectivity index (χ4v) is 3.88. The van der Waals surface area contributed by atoms with Gasteiger partial charge >= 0.3 is 0 Å². The number of amides is 1. The number of pyridine rings is 2. The van der Waals surface area contributed by atoms with Crippen LogP contribution in [0.1, 0.15) is 28.5 Å².